The van der Waals surface area contributed by atoms with E-state index >= 15 is 0 Å². The third-order valence-electron chi connectivity index (χ3n) is 7.16. The summed E-state index contributed by atoms with van der Waals surface area (Å²) >= 11 is 3.22. The fraction of sp³-hybridized carbons (Fsp3) is 0.447. The van der Waals surface area contributed by atoms with Crippen molar-refractivity contribution >= 4 is 38.9 Å². The fourth-order valence-electron chi connectivity index (χ4n) is 4.42. The van der Waals surface area contributed by atoms with Crippen molar-refractivity contribution in [3.05, 3.63) is 97.6 Å². The highest BCUT2D eigenvalue weighted by Gasteiger charge is 2.26. The van der Waals surface area contributed by atoms with E-state index in [4.69, 9.17) is 18.3 Å². The summed E-state index contributed by atoms with van der Waals surface area (Å²) in [6.45, 7) is 24.2. The van der Waals surface area contributed by atoms with Crippen LogP contribution in [0.3, 0.4) is 0 Å². The van der Waals surface area contributed by atoms with Gasteiger partial charge < -0.3 is 23.4 Å². The van der Waals surface area contributed by atoms with Crippen molar-refractivity contribution in [1.82, 2.24) is 0 Å². The summed E-state index contributed by atoms with van der Waals surface area (Å²) in [6.07, 6.45) is 13.9. The van der Waals surface area contributed by atoms with Gasteiger partial charge in [-0.05, 0) is 74.2 Å². The van der Waals surface area contributed by atoms with Crippen LogP contribution in [-0.2, 0) is 0 Å². The molecule has 2 rings (SSSR count). The normalized spacial score (nSPS) is 11.7. The molecular formula is C38H59BrO6Si2. The summed E-state index contributed by atoms with van der Waals surface area (Å²) < 4.78 is 23.1. The molecule has 1 atom stereocenters. The highest BCUT2D eigenvalue weighted by molar-refractivity contribution is 9.09. The number of aliphatic hydroxyl groups excluding tert-OH is 1. The van der Waals surface area contributed by atoms with Crippen LogP contribution in [0.2, 0.25) is 38.3 Å². The quantitative estimate of drug-likeness (QED) is 0.0507. The van der Waals surface area contributed by atoms with E-state index in [9.17, 15) is 9.90 Å². The van der Waals surface area contributed by atoms with Gasteiger partial charge in [-0.1, -0.05) is 98.5 Å². The topological polar surface area (TPSA) is 74.2 Å². The molecule has 2 aromatic carbocycles. The van der Waals surface area contributed by atoms with E-state index in [1.54, 1.807) is 44.6 Å². The Balaban J connectivity index is 0.000000782. The van der Waals surface area contributed by atoms with Gasteiger partial charge in [0.15, 0.2) is 11.5 Å². The minimum Gasteiger partial charge on any atom is -0.542 e. The van der Waals surface area contributed by atoms with Gasteiger partial charge in [0.2, 0.25) is 16.6 Å². The van der Waals surface area contributed by atoms with Crippen molar-refractivity contribution in [2.24, 2.45) is 5.92 Å². The molecule has 0 aromatic heterocycles. The number of halogens is 1. The number of unbranched alkanes of at least 4 members (excludes halogenated alkanes) is 2. The van der Waals surface area contributed by atoms with E-state index in [0.29, 0.717) is 17.1 Å². The van der Waals surface area contributed by atoms with Crippen LogP contribution < -0.4 is 18.3 Å². The molecule has 1 unspecified atom stereocenters. The molecule has 0 radical (unpaired) electrons. The molecule has 0 spiro atoms. The Morgan fingerprint density at radius 2 is 1.30 bits per heavy atom. The first-order valence-electron chi connectivity index (χ1n) is 16.3. The van der Waals surface area contributed by atoms with Gasteiger partial charge >= 0.3 is 0 Å². The van der Waals surface area contributed by atoms with E-state index in [-0.39, 0.29) is 5.92 Å². The molecule has 47 heavy (non-hydrogen) atoms. The number of carbonyl (C=O) groups is 1. The van der Waals surface area contributed by atoms with Crippen LogP contribution in [0.1, 0.15) is 61.6 Å². The van der Waals surface area contributed by atoms with Crippen LogP contribution in [0, 0.1) is 5.92 Å². The van der Waals surface area contributed by atoms with Gasteiger partial charge in [-0.15, -0.1) is 13.2 Å². The van der Waals surface area contributed by atoms with Gasteiger partial charge in [0.1, 0.15) is 17.8 Å². The molecule has 2 aromatic rings. The standard InChI is InChI=1S/C19H30O3Si.C14H22O3Si.C5H7Br/c1-7-10-13-23(5,6)22-17-12-11-16(14-18(17)21-4)19(20)15(8-2)9-3;1-5-6-9-18(3,4)17-13-8-7-12(11-15)10-14(13)16-2;1-2-3-4-5-6/h8-9,11-12,14-15,19-20H,2-3,7,10,13H2,1,4-6H3;7-8,10-11H,5-6,9H2,1-4H3;2-4H,1,5H2/b;;4-3+. The summed E-state index contributed by atoms with van der Waals surface area (Å²) in [4.78, 5) is 10.7. The van der Waals surface area contributed by atoms with Gasteiger partial charge in [-0.3, -0.25) is 4.79 Å². The number of carbonyl (C=O) groups excluding carboxylic acids is 1. The fourth-order valence-corrected chi connectivity index (χ4v) is 8.78. The minimum atomic E-state index is -1.77. The zero-order valence-corrected chi connectivity index (χ0v) is 33.6. The van der Waals surface area contributed by atoms with Crippen LogP contribution in [0.15, 0.2) is 86.5 Å². The van der Waals surface area contributed by atoms with Crippen molar-refractivity contribution < 1.29 is 28.2 Å². The predicted molar refractivity (Wildman–Crippen MR) is 209 cm³/mol. The first-order chi connectivity index (χ1) is 22.3. The Bertz CT molecular complexity index is 1240. The van der Waals surface area contributed by atoms with Crippen molar-refractivity contribution in [2.45, 2.75) is 83.9 Å². The second-order valence-electron chi connectivity index (χ2n) is 12.2. The van der Waals surface area contributed by atoms with E-state index in [2.05, 4.69) is 75.7 Å². The lowest BCUT2D eigenvalue weighted by molar-refractivity contribution is 0.112. The van der Waals surface area contributed by atoms with Gasteiger partial charge in [0.05, 0.1) is 20.3 Å². The number of ether oxygens (including phenoxy) is 2. The average Bonchev–Trinajstić information content (AvgIpc) is 3.06. The molecule has 9 heteroatoms. The number of aliphatic hydroxyl groups is 1. The van der Waals surface area contributed by atoms with Crippen LogP contribution >= 0.6 is 15.9 Å². The summed E-state index contributed by atoms with van der Waals surface area (Å²) in [5, 5.41) is 11.3. The van der Waals surface area contributed by atoms with Gasteiger partial charge in [0.25, 0.3) is 0 Å². The van der Waals surface area contributed by atoms with Crippen molar-refractivity contribution in [1.29, 1.82) is 0 Å². The summed E-state index contributed by atoms with van der Waals surface area (Å²) in [5.41, 5.74) is 1.37. The van der Waals surface area contributed by atoms with Crippen LogP contribution in [0.4, 0.5) is 0 Å². The van der Waals surface area contributed by atoms with Crippen molar-refractivity contribution in [2.75, 3.05) is 19.5 Å². The molecule has 0 saturated heterocycles. The first kappa shape index (κ1) is 44.1. The number of rotatable bonds is 19. The third-order valence-corrected chi connectivity index (χ3v) is 12.2. The first-order valence-corrected chi connectivity index (χ1v) is 23.6. The molecule has 0 aliphatic carbocycles. The molecule has 0 bridgehead atoms. The molecule has 0 saturated carbocycles. The second kappa shape index (κ2) is 24.3. The summed E-state index contributed by atoms with van der Waals surface area (Å²) in [5.74, 6) is 2.60. The number of alkyl halides is 1. The Hall–Kier alpha value is -2.86. The largest absolute Gasteiger partial charge is 0.542 e. The lowest BCUT2D eigenvalue weighted by atomic mass is 9.95. The van der Waals surface area contributed by atoms with Crippen LogP contribution in [0.25, 0.3) is 0 Å². The number of allylic oxidation sites excluding steroid dienone is 3. The lowest BCUT2D eigenvalue weighted by Crippen LogP contribution is -2.34. The maximum atomic E-state index is 10.7. The maximum absolute atomic E-state index is 10.7. The zero-order valence-electron chi connectivity index (χ0n) is 30.0. The van der Waals surface area contributed by atoms with Gasteiger partial charge in [-0.2, -0.15) is 0 Å². The number of aldehydes is 1. The molecule has 262 valence electrons. The Morgan fingerprint density at radius 3 is 1.68 bits per heavy atom. The third kappa shape index (κ3) is 17.8. The molecule has 0 amide bonds. The molecule has 0 fully saturated rings. The number of hydrogen-bond donors (Lipinski definition) is 1. The smallest absolute Gasteiger partial charge is 0.245 e. The van der Waals surface area contributed by atoms with Gasteiger partial charge in [-0.25, -0.2) is 0 Å². The van der Waals surface area contributed by atoms with E-state index < -0.39 is 22.7 Å². The number of methoxy groups -OCH3 is 2. The van der Waals surface area contributed by atoms with Gasteiger partial charge in [0, 0.05) is 16.8 Å². The molecule has 6 nitrogen and oxygen atoms in total. The highest BCUT2D eigenvalue weighted by Crippen LogP contribution is 2.35. The van der Waals surface area contributed by atoms with E-state index in [1.165, 1.54) is 25.7 Å². The lowest BCUT2D eigenvalue weighted by Gasteiger charge is -2.26. The average molecular weight is 748 g/mol. The molecule has 0 aliphatic rings. The molecule has 0 heterocycles. The van der Waals surface area contributed by atoms with Crippen molar-refractivity contribution in [3.8, 4) is 23.0 Å². The summed E-state index contributed by atoms with van der Waals surface area (Å²) in [7, 11) is -0.259. The Labute approximate surface area is 296 Å². The molecule has 1 N–H and O–H groups in total. The predicted octanol–water partition coefficient (Wildman–Crippen LogP) is 11.1. The second-order valence-corrected chi connectivity index (χ2v) is 21.3. The van der Waals surface area contributed by atoms with E-state index in [0.717, 1.165) is 40.8 Å². The zero-order chi connectivity index (χ0) is 35.9. The Morgan fingerprint density at radius 1 is 0.809 bits per heavy atom. The van der Waals surface area contributed by atoms with Crippen molar-refractivity contribution in [3.63, 3.8) is 0 Å². The Kier molecular flexibility index (Phi) is 22.8. The minimum absolute atomic E-state index is 0.193. The maximum Gasteiger partial charge on any atom is 0.245 e. The van der Waals surface area contributed by atoms with Crippen LogP contribution in [0.5, 0.6) is 23.0 Å². The number of hydrogen-bond acceptors (Lipinski definition) is 6. The molecule has 0 aliphatic heterocycles. The van der Waals surface area contributed by atoms with Crippen LogP contribution in [-0.4, -0.2) is 47.6 Å². The molecular weight excluding hydrogens is 688 g/mol. The SMILES string of the molecule is C=C/C=C/CBr.C=CC(C=C)C(O)c1ccc(O[Si](C)(C)CCCC)c(OC)c1.CCCC[Si](C)(C)Oc1ccc(C=O)cc1OC. The van der Waals surface area contributed by atoms with E-state index in [1.807, 2.05) is 36.4 Å². The monoisotopic (exact) mass is 746 g/mol. The number of benzene rings is 2. The highest BCUT2D eigenvalue weighted by atomic mass is 79.9. The summed E-state index contributed by atoms with van der Waals surface area (Å²) in [6, 6.07) is 13.2.